The summed E-state index contributed by atoms with van der Waals surface area (Å²) >= 11 is 0. The fourth-order valence-corrected chi connectivity index (χ4v) is 2.01. The van der Waals surface area contributed by atoms with E-state index in [-0.39, 0.29) is 5.56 Å². The van der Waals surface area contributed by atoms with Gasteiger partial charge in [-0.15, -0.1) is 0 Å². The number of carbonyl (C=O) groups excluding carboxylic acids is 1. The van der Waals surface area contributed by atoms with E-state index >= 15 is 0 Å². The molecule has 94 valence electrons. The van der Waals surface area contributed by atoms with Gasteiger partial charge in [0.1, 0.15) is 23.7 Å². The highest BCUT2D eigenvalue weighted by Crippen LogP contribution is 2.25. The van der Waals surface area contributed by atoms with Crippen LogP contribution in [0, 0.1) is 23.0 Å². The van der Waals surface area contributed by atoms with Crippen LogP contribution in [0.3, 0.4) is 0 Å². The van der Waals surface area contributed by atoms with Crippen LogP contribution < -0.4 is 0 Å². The number of hydrogen-bond donors (Lipinski definition) is 0. The van der Waals surface area contributed by atoms with Crippen molar-refractivity contribution in [2.75, 3.05) is 6.61 Å². The number of nitrogens with zero attached hydrogens (tertiary/aromatic N) is 1. The molecule has 1 saturated heterocycles. The van der Waals surface area contributed by atoms with Crippen molar-refractivity contribution < 1.29 is 18.3 Å². The molecule has 1 aromatic rings. The fourth-order valence-electron chi connectivity index (χ4n) is 2.01. The summed E-state index contributed by atoms with van der Waals surface area (Å²) in [6.07, 6.45) is 0.638. The lowest BCUT2D eigenvalue weighted by Gasteiger charge is -2.14. The maximum Gasteiger partial charge on any atom is 0.183 e. The number of nitriles is 1. The van der Waals surface area contributed by atoms with Gasteiger partial charge in [-0.1, -0.05) is 6.07 Å². The first kappa shape index (κ1) is 12.7. The van der Waals surface area contributed by atoms with Gasteiger partial charge >= 0.3 is 0 Å². The van der Waals surface area contributed by atoms with Gasteiger partial charge in [0.05, 0.1) is 6.07 Å². The predicted molar refractivity (Wildman–Crippen MR) is 58.7 cm³/mol. The smallest absolute Gasteiger partial charge is 0.183 e. The van der Waals surface area contributed by atoms with Crippen LogP contribution in [0.2, 0.25) is 0 Å². The monoisotopic (exact) mass is 251 g/mol. The molecule has 3 nitrogen and oxygen atoms in total. The molecule has 2 atom stereocenters. The van der Waals surface area contributed by atoms with Crippen LogP contribution >= 0.6 is 0 Å². The average Bonchev–Trinajstić information content (AvgIpc) is 2.86. The highest BCUT2D eigenvalue weighted by Gasteiger charge is 2.32. The second-order valence-electron chi connectivity index (χ2n) is 4.13. The van der Waals surface area contributed by atoms with E-state index in [0.29, 0.717) is 19.1 Å². The molecule has 1 heterocycles. The third kappa shape index (κ3) is 2.39. The van der Waals surface area contributed by atoms with E-state index in [2.05, 4.69) is 0 Å². The van der Waals surface area contributed by atoms with Crippen molar-refractivity contribution >= 4 is 5.78 Å². The number of halogens is 2. The van der Waals surface area contributed by atoms with Crippen molar-refractivity contribution in [3.8, 4) is 6.07 Å². The quantitative estimate of drug-likeness (QED) is 0.828. The zero-order chi connectivity index (χ0) is 13.1. The van der Waals surface area contributed by atoms with Crippen molar-refractivity contribution in [1.82, 2.24) is 0 Å². The minimum atomic E-state index is -1.24. The summed E-state index contributed by atoms with van der Waals surface area (Å²) in [6.45, 7) is 0.473. The first-order chi connectivity index (χ1) is 8.63. The van der Waals surface area contributed by atoms with Gasteiger partial charge in [0.2, 0.25) is 0 Å². The molecule has 1 aliphatic heterocycles. The van der Waals surface area contributed by atoms with Gasteiger partial charge in [0.15, 0.2) is 5.78 Å². The van der Waals surface area contributed by atoms with Crippen LogP contribution in [0.5, 0.6) is 0 Å². The van der Waals surface area contributed by atoms with Gasteiger partial charge in [-0.25, -0.2) is 8.78 Å². The molecule has 0 aliphatic carbocycles. The molecule has 1 aliphatic rings. The third-order valence-electron chi connectivity index (χ3n) is 2.93. The van der Waals surface area contributed by atoms with Gasteiger partial charge < -0.3 is 4.74 Å². The summed E-state index contributed by atoms with van der Waals surface area (Å²) in [7, 11) is 0. The second kappa shape index (κ2) is 5.23. The molecule has 0 saturated carbocycles. The predicted octanol–water partition coefficient (Wildman–Crippen LogP) is 2.32. The molecule has 0 N–H and O–H groups in total. The van der Waals surface area contributed by atoms with Gasteiger partial charge in [0, 0.05) is 18.2 Å². The zero-order valence-corrected chi connectivity index (χ0v) is 9.53. The van der Waals surface area contributed by atoms with E-state index in [1.54, 1.807) is 6.07 Å². The molecule has 0 aromatic heterocycles. The third-order valence-corrected chi connectivity index (χ3v) is 2.93. The lowest BCUT2D eigenvalue weighted by molar-refractivity contribution is -0.128. The van der Waals surface area contributed by atoms with Crippen molar-refractivity contribution in [2.24, 2.45) is 0 Å². The second-order valence-corrected chi connectivity index (χ2v) is 4.13. The van der Waals surface area contributed by atoms with Gasteiger partial charge in [-0.3, -0.25) is 4.79 Å². The first-order valence-electron chi connectivity index (χ1n) is 5.63. The summed E-state index contributed by atoms with van der Waals surface area (Å²) in [6, 6.07) is 4.60. The summed E-state index contributed by atoms with van der Waals surface area (Å²) in [4.78, 5) is 12.0. The molecule has 2 rings (SSSR count). The molecule has 0 amide bonds. The summed E-state index contributed by atoms with van der Waals surface area (Å²) < 4.78 is 31.5. The molecule has 2 unspecified atom stereocenters. The minimum Gasteiger partial charge on any atom is -0.370 e. The van der Waals surface area contributed by atoms with Gasteiger partial charge in [-0.05, 0) is 18.9 Å². The van der Waals surface area contributed by atoms with Crippen molar-refractivity contribution in [3.63, 3.8) is 0 Å². The van der Waals surface area contributed by atoms with E-state index in [9.17, 15) is 13.6 Å². The van der Waals surface area contributed by atoms with Crippen LogP contribution in [0.1, 0.15) is 24.3 Å². The molecule has 5 heteroatoms. The topological polar surface area (TPSA) is 50.1 Å². The van der Waals surface area contributed by atoms with Crippen molar-refractivity contribution in [2.45, 2.75) is 24.9 Å². The van der Waals surface area contributed by atoms with Crippen molar-refractivity contribution in [3.05, 3.63) is 35.4 Å². The van der Waals surface area contributed by atoms with E-state index in [1.807, 2.05) is 0 Å². The Balaban J connectivity index is 2.28. The lowest BCUT2D eigenvalue weighted by atomic mass is 9.91. The number of ether oxygens (including phenoxy) is 1. The zero-order valence-electron chi connectivity index (χ0n) is 9.53. The Bertz CT molecular complexity index is 504. The first-order valence-corrected chi connectivity index (χ1v) is 5.63. The summed E-state index contributed by atoms with van der Waals surface area (Å²) in [5.74, 6) is -3.32. The Hall–Kier alpha value is -1.80. The van der Waals surface area contributed by atoms with Crippen LogP contribution in [0.25, 0.3) is 0 Å². The van der Waals surface area contributed by atoms with Crippen LogP contribution in [-0.2, 0) is 9.53 Å². The van der Waals surface area contributed by atoms with Gasteiger partial charge in [-0.2, -0.15) is 5.26 Å². The Labute approximate surface area is 103 Å². The highest BCUT2D eigenvalue weighted by atomic mass is 19.1. The summed E-state index contributed by atoms with van der Waals surface area (Å²) in [5, 5.41) is 9.02. The van der Waals surface area contributed by atoms with E-state index < -0.39 is 29.4 Å². The Kier molecular flexibility index (Phi) is 3.68. The Morgan fingerprint density at radius 2 is 2.28 bits per heavy atom. The van der Waals surface area contributed by atoms with Crippen molar-refractivity contribution in [1.29, 1.82) is 5.26 Å². The number of benzene rings is 1. The van der Waals surface area contributed by atoms with Crippen LogP contribution in [-0.4, -0.2) is 18.5 Å². The number of Topliss-reactive ketones (excluding diaryl/α,β-unsaturated/α-hetero) is 1. The molecule has 1 fully saturated rings. The number of ketones is 1. The van der Waals surface area contributed by atoms with E-state index in [0.717, 1.165) is 18.6 Å². The molecular formula is C13H11F2NO2. The minimum absolute atomic E-state index is 0.0978. The standard InChI is InChI=1S/C13H11F2NO2/c14-8-3-4-9(11(15)6-8)10(7-16)13(17)12-2-1-5-18-12/h3-4,6,10,12H,1-2,5H2. The normalized spacial score (nSPS) is 20.4. The largest absolute Gasteiger partial charge is 0.370 e. The molecule has 0 bridgehead atoms. The maximum atomic E-state index is 13.6. The Morgan fingerprint density at radius 3 is 2.83 bits per heavy atom. The molecule has 0 spiro atoms. The average molecular weight is 251 g/mol. The van der Waals surface area contributed by atoms with E-state index in [4.69, 9.17) is 10.00 Å². The number of rotatable bonds is 3. The number of carbonyl (C=O) groups is 1. The summed E-state index contributed by atoms with van der Waals surface area (Å²) in [5.41, 5.74) is -0.0978. The fraction of sp³-hybridized carbons (Fsp3) is 0.385. The SMILES string of the molecule is N#CC(C(=O)C1CCCO1)c1ccc(F)cc1F. The van der Waals surface area contributed by atoms with Gasteiger partial charge in [0.25, 0.3) is 0 Å². The molecule has 1 aromatic carbocycles. The number of hydrogen-bond acceptors (Lipinski definition) is 3. The van der Waals surface area contributed by atoms with Crippen LogP contribution in [0.4, 0.5) is 8.78 Å². The maximum absolute atomic E-state index is 13.6. The van der Waals surface area contributed by atoms with Crippen LogP contribution in [0.15, 0.2) is 18.2 Å². The lowest BCUT2D eigenvalue weighted by Crippen LogP contribution is -2.26. The molecular weight excluding hydrogens is 240 g/mol. The highest BCUT2D eigenvalue weighted by molar-refractivity contribution is 5.92. The Morgan fingerprint density at radius 1 is 1.50 bits per heavy atom. The van der Waals surface area contributed by atoms with E-state index in [1.165, 1.54) is 0 Å². The molecule has 0 radical (unpaired) electrons. The molecule has 18 heavy (non-hydrogen) atoms.